The molecule has 0 aromatic rings. The molecule has 0 saturated heterocycles. The first-order valence-corrected chi connectivity index (χ1v) is 6.66. The van der Waals surface area contributed by atoms with Crippen molar-refractivity contribution in [2.45, 2.75) is 6.42 Å². The lowest BCUT2D eigenvalue weighted by atomic mass is 10.3. The van der Waals surface area contributed by atoms with Crippen molar-refractivity contribution in [3.05, 3.63) is 34.9 Å². The maximum atomic E-state index is 3.71. The summed E-state index contributed by atoms with van der Waals surface area (Å²) < 4.78 is 0. The number of nitrogens with one attached hydrogen (secondary N) is 1. The molecule has 0 radical (unpaired) electrons. The molecule has 1 aliphatic carbocycles. The Hall–Kier alpha value is -0.610. The van der Waals surface area contributed by atoms with Gasteiger partial charge in [0.2, 0.25) is 0 Å². The van der Waals surface area contributed by atoms with E-state index in [0.717, 1.165) is 17.2 Å². The molecule has 0 aliphatic heterocycles. The van der Waals surface area contributed by atoms with Crippen molar-refractivity contribution < 1.29 is 0 Å². The molecular weight excluding hydrogens is 212 g/mol. The van der Waals surface area contributed by atoms with Gasteiger partial charge in [0, 0.05) is 23.1 Å². The average molecular weight is 226 g/mol. The predicted octanol–water partition coefficient (Wildman–Crippen LogP) is 2.97. The van der Waals surface area contributed by atoms with E-state index in [1.54, 1.807) is 0 Å². The molecule has 0 aromatic carbocycles. The van der Waals surface area contributed by atoms with Crippen molar-refractivity contribution in [1.29, 1.82) is 0 Å². The van der Waals surface area contributed by atoms with Gasteiger partial charge in [-0.05, 0) is 12.3 Å². The summed E-state index contributed by atoms with van der Waals surface area (Å²) in [6.07, 6.45) is 11.3. The average Bonchev–Trinajstić information content (AvgIpc) is 2.41. The van der Waals surface area contributed by atoms with Crippen molar-refractivity contribution in [2.24, 2.45) is 5.10 Å². The highest BCUT2D eigenvalue weighted by molar-refractivity contribution is 8.17. The van der Waals surface area contributed by atoms with Crippen LogP contribution in [0.4, 0.5) is 0 Å². The van der Waals surface area contributed by atoms with Crippen LogP contribution in [0, 0.1) is 0 Å². The van der Waals surface area contributed by atoms with Crippen molar-refractivity contribution in [3.8, 4) is 0 Å². The third-order valence-corrected chi connectivity index (χ3v) is 3.77. The van der Waals surface area contributed by atoms with Crippen LogP contribution in [0.15, 0.2) is 40.0 Å². The molecule has 4 heteroatoms. The third kappa shape index (κ3) is 3.64. The minimum absolute atomic E-state index is 0.892. The van der Waals surface area contributed by atoms with E-state index >= 15 is 0 Å². The molecule has 0 atom stereocenters. The standard InChI is InChI=1S/C10H14N2S2/c1-11-12-9-6-4-3-5-7-10(9)14-8-13-2/h3-5,7,12H,1,6,8H2,2H3. The molecule has 1 rings (SSSR count). The van der Waals surface area contributed by atoms with Gasteiger partial charge in [-0.1, -0.05) is 18.2 Å². The lowest BCUT2D eigenvalue weighted by molar-refractivity contribution is 0.861. The van der Waals surface area contributed by atoms with Crippen LogP contribution in [-0.2, 0) is 0 Å². The molecule has 0 bridgehead atoms. The van der Waals surface area contributed by atoms with E-state index in [1.807, 2.05) is 23.5 Å². The first-order chi connectivity index (χ1) is 6.88. The minimum atomic E-state index is 0.892. The number of hydrogen-bond donors (Lipinski definition) is 1. The smallest absolute Gasteiger partial charge is 0.0509 e. The molecule has 2 nitrogen and oxygen atoms in total. The van der Waals surface area contributed by atoms with Crippen LogP contribution in [0.25, 0.3) is 0 Å². The molecule has 0 saturated carbocycles. The molecule has 0 amide bonds. The second kappa shape index (κ2) is 6.79. The first-order valence-electron chi connectivity index (χ1n) is 4.28. The summed E-state index contributed by atoms with van der Waals surface area (Å²) in [5, 5.41) is 4.77. The lowest BCUT2D eigenvalue weighted by Crippen LogP contribution is -2.05. The largest absolute Gasteiger partial charge is 0.282 e. The van der Waals surface area contributed by atoms with Crippen LogP contribution in [0.2, 0.25) is 0 Å². The van der Waals surface area contributed by atoms with Crippen molar-refractivity contribution in [2.75, 3.05) is 11.3 Å². The van der Waals surface area contributed by atoms with Gasteiger partial charge in [-0.2, -0.15) is 16.9 Å². The second-order valence-electron chi connectivity index (χ2n) is 2.65. The summed E-state index contributed by atoms with van der Waals surface area (Å²) in [5.74, 6) is 0. The van der Waals surface area contributed by atoms with E-state index in [4.69, 9.17) is 0 Å². The van der Waals surface area contributed by atoms with Gasteiger partial charge in [0.05, 0.1) is 5.70 Å². The summed E-state index contributed by atoms with van der Waals surface area (Å²) in [4.78, 5) is 1.25. The molecular formula is C10H14N2S2. The van der Waals surface area contributed by atoms with Crippen LogP contribution in [0.1, 0.15) is 6.42 Å². The SMILES string of the molecule is C=NNC1=C(SCSC)C=CC=CC1. The quantitative estimate of drug-likeness (QED) is 0.443. The number of allylic oxidation sites excluding steroid dienone is 4. The highest BCUT2D eigenvalue weighted by atomic mass is 32.2. The van der Waals surface area contributed by atoms with Crippen molar-refractivity contribution in [3.63, 3.8) is 0 Å². The molecule has 0 spiro atoms. The van der Waals surface area contributed by atoms with Crippen molar-refractivity contribution >= 4 is 30.2 Å². The molecule has 0 heterocycles. The van der Waals surface area contributed by atoms with Gasteiger partial charge in [-0.3, -0.25) is 5.43 Å². The van der Waals surface area contributed by atoms with Gasteiger partial charge < -0.3 is 0 Å². The zero-order chi connectivity index (χ0) is 10.2. The van der Waals surface area contributed by atoms with Crippen LogP contribution in [0.5, 0.6) is 0 Å². The molecule has 76 valence electrons. The Balaban J connectivity index is 2.72. The van der Waals surface area contributed by atoms with E-state index < -0.39 is 0 Å². The van der Waals surface area contributed by atoms with Crippen molar-refractivity contribution in [1.82, 2.24) is 5.43 Å². The Morgan fingerprint density at radius 1 is 1.57 bits per heavy atom. The summed E-state index contributed by atoms with van der Waals surface area (Å²) in [5.41, 5.74) is 4.07. The topological polar surface area (TPSA) is 24.4 Å². The van der Waals surface area contributed by atoms with Gasteiger partial charge in [0.25, 0.3) is 0 Å². The fraction of sp³-hybridized carbons (Fsp3) is 0.300. The zero-order valence-corrected chi connectivity index (χ0v) is 9.83. The van der Waals surface area contributed by atoms with Gasteiger partial charge >= 0.3 is 0 Å². The third-order valence-electron chi connectivity index (χ3n) is 1.66. The Morgan fingerprint density at radius 3 is 3.14 bits per heavy atom. The maximum absolute atomic E-state index is 3.71. The minimum Gasteiger partial charge on any atom is -0.282 e. The Bertz CT molecular complexity index is 280. The van der Waals surface area contributed by atoms with Crippen LogP contribution in [0.3, 0.4) is 0 Å². The molecule has 1 aliphatic rings. The highest BCUT2D eigenvalue weighted by Gasteiger charge is 2.04. The molecule has 0 fully saturated rings. The van der Waals surface area contributed by atoms with Gasteiger partial charge in [-0.15, -0.1) is 11.8 Å². The highest BCUT2D eigenvalue weighted by Crippen LogP contribution is 2.26. The fourth-order valence-electron chi connectivity index (χ4n) is 1.06. The summed E-state index contributed by atoms with van der Waals surface area (Å²) in [6.45, 7) is 3.44. The van der Waals surface area contributed by atoms with E-state index in [-0.39, 0.29) is 0 Å². The Labute approximate surface area is 93.6 Å². The summed E-state index contributed by atoms with van der Waals surface area (Å²) in [7, 11) is 0. The molecule has 0 aromatic heterocycles. The van der Waals surface area contributed by atoms with E-state index in [2.05, 4.69) is 47.8 Å². The van der Waals surface area contributed by atoms with Crippen LogP contribution < -0.4 is 5.43 Å². The van der Waals surface area contributed by atoms with Gasteiger partial charge in [0.1, 0.15) is 0 Å². The van der Waals surface area contributed by atoms with Crippen LogP contribution in [-0.4, -0.2) is 18.1 Å². The van der Waals surface area contributed by atoms with E-state index in [9.17, 15) is 0 Å². The first kappa shape index (κ1) is 11.5. The lowest BCUT2D eigenvalue weighted by Gasteiger charge is -2.08. The predicted molar refractivity (Wildman–Crippen MR) is 68.6 cm³/mol. The van der Waals surface area contributed by atoms with Gasteiger partial charge in [0.15, 0.2) is 0 Å². The number of thioether (sulfide) groups is 2. The Morgan fingerprint density at radius 2 is 2.43 bits per heavy atom. The number of nitrogens with zero attached hydrogens (tertiary/aromatic N) is 1. The van der Waals surface area contributed by atoms with E-state index in [1.165, 1.54) is 4.91 Å². The van der Waals surface area contributed by atoms with Crippen LogP contribution >= 0.6 is 23.5 Å². The number of hydrazone groups is 1. The zero-order valence-electron chi connectivity index (χ0n) is 8.19. The molecule has 0 unspecified atom stereocenters. The maximum Gasteiger partial charge on any atom is 0.0509 e. The number of rotatable bonds is 5. The normalized spacial score (nSPS) is 15.5. The monoisotopic (exact) mass is 226 g/mol. The molecule has 14 heavy (non-hydrogen) atoms. The Kier molecular flexibility index (Phi) is 5.56. The molecule has 1 N–H and O–H groups in total. The van der Waals surface area contributed by atoms with Gasteiger partial charge in [-0.25, -0.2) is 0 Å². The number of hydrogen-bond acceptors (Lipinski definition) is 4. The fourth-order valence-corrected chi connectivity index (χ4v) is 2.52. The van der Waals surface area contributed by atoms with E-state index in [0.29, 0.717) is 0 Å². The second-order valence-corrected chi connectivity index (χ2v) is 4.90. The summed E-state index contributed by atoms with van der Waals surface area (Å²) >= 11 is 3.65. The summed E-state index contributed by atoms with van der Waals surface area (Å²) in [6, 6.07) is 0.